The maximum absolute atomic E-state index is 11.0. The van der Waals surface area contributed by atoms with E-state index in [0.29, 0.717) is 17.8 Å². The minimum Gasteiger partial charge on any atom is -0.405 e. The van der Waals surface area contributed by atoms with E-state index in [2.05, 4.69) is 20.4 Å². The lowest BCUT2D eigenvalue weighted by Gasteiger charge is -2.36. The van der Waals surface area contributed by atoms with Crippen molar-refractivity contribution < 1.29 is 10.2 Å². The predicted octanol–water partition coefficient (Wildman–Crippen LogP) is 3.05. The fraction of sp³-hybridized carbons (Fsp3) is 0.571. The van der Waals surface area contributed by atoms with E-state index in [-0.39, 0.29) is 18.8 Å². The molecule has 0 bridgehead atoms. The van der Waals surface area contributed by atoms with Gasteiger partial charge in [-0.15, -0.1) is 4.91 Å². The average Bonchev–Trinajstić information content (AvgIpc) is 2.74. The van der Waals surface area contributed by atoms with Crippen LogP contribution in [0, 0.1) is 4.91 Å². The minimum absolute atomic E-state index is 0.0969. The Morgan fingerprint density at radius 1 is 1.24 bits per heavy atom. The highest BCUT2D eigenvalue weighted by molar-refractivity contribution is 5.78. The van der Waals surface area contributed by atoms with Gasteiger partial charge in [0.1, 0.15) is 5.69 Å². The maximum atomic E-state index is 11.0. The van der Waals surface area contributed by atoms with Crippen LogP contribution < -0.4 is 11.1 Å². The van der Waals surface area contributed by atoms with Crippen LogP contribution in [0.2, 0.25) is 0 Å². The van der Waals surface area contributed by atoms with Crippen LogP contribution in [0.25, 0.3) is 0 Å². The summed E-state index contributed by atoms with van der Waals surface area (Å²) in [5.74, 6) is 0. The van der Waals surface area contributed by atoms with Gasteiger partial charge >= 0.3 is 0 Å². The molecule has 1 aromatic carbocycles. The number of aliphatic hydroxyl groups is 2. The summed E-state index contributed by atoms with van der Waals surface area (Å²) in [5, 5.41) is 25.5. The highest BCUT2D eigenvalue weighted by atomic mass is 16.3. The number of aliphatic imine (C=N–C) groups is 1. The van der Waals surface area contributed by atoms with Crippen LogP contribution in [-0.2, 0) is 0 Å². The summed E-state index contributed by atoms with van der Waals surface area (Å²) < 4.78 is 0. The molecule has 0 aromatic heterocycles. The Labute approximate surface area is 172 Å². The summed E-state index contributed by atoms with van der Waals surface area (Å²) in [6.07, 6.45) is 10.0. The van der Waals surface area contributed by atoms with Crippen molar-refractivity contribution in [2.75, 3.05) is 31.6 Å². The molecule has 0 spiro atoms. The van der Waals surface area contributed by atoms with Gasteiger partial charge in [-0.3, -0.25) is 9.89 Å². The molecule has 1 fully saturated rings. The smallest absolute Gasteiger partial charge is 0.135 e. The number of rotatable bonds is 12. The largest absolute Gasteiger partial charge is 0.405 e. The van der Waals surface area contributed by atoms with Crippen LogP contribution in [0.3, 0.4) is 0 Å². The zero-order chi connectivity index (χ0) is 20.9. The first kappa shape index (κ1) is 23.0. The van der Waals surface area contributed by atoms with Crippen LogP contribution in [0.4, 0.5) is 17.1 Å². The molecule has 5 N–H and O–H groups in total. The van der Waals surface area contributed by atoms with Gasteiger partial charge in [0, 0.05) is 31.0 Å². The quantitative estimate of drug-likeness (QED) is 0.242. The molecule has 8 nitrogen and oxygen atoms in total. The molecule has 29 heavy (non-hydrogen) atoms. The molecule has 160 valence electrons. The van der Waals surface area contributed by atoms with Gasteiger partial charge < -0.3 is 21.3 Å². The fourth-order valence-corrected chi connectivity index (χ4v) is 3.58. The highest BCUT2D eigenvalue weighted by Gasteiger charge is 2.26. The van der Waals surface area contributed by atoms with E-state index >= 15 is 0 Å². The fourth-order valence-electron chi connectivity index (χ4n) is 3.58. The Bertz CT molecular complexity index is 680. The number of nitrogens with zero attached hydrogens (tertiary/aromatic N) is 3. The molecule has 0 aliphatic carbocycles. The Balaban J connectivity index is 1.64. The Morgan fingerprint density at radius 2 is 2.07 bits per heavy atom. The summed E-state index contributed by atoms with van der Waals surface area (Å²) in [5.41, 5.74) is 6.91. The third-order valence-corrected chi connectivity index (χ3v) is 5.21. The molecule has 8 heteroatoms. The second-order valence-electron chi connectivity index (χ2n) is 7.35. The van der Waals surface area contributed by atoms with Gasteiger partial charge in [0.05, 0.1) is 18.4 Å². The van der Waals surface area contributed by atoms with Crippen molar-refractivity contribution in [1.82, 2.24) is 4.90 Å². The van der Waals surface area contributed by atoms with Crippen LogP contribution in [0.1, 0.15) is 38.5 Å². The van der Waals surface area contributed by atoms with E-state index in [1.165, 1.54) is 12.4 Å². The van der Waals surface area contributed by atoms with Gasteiger partial charge in [-0.1, -0.05) is 12.8 Å². The number of unbranched alkanes of at least 4 members (excludes halogenated alkanes) is 3. The second-order valence-corrected chi connectivity index (χ2v) is 7.35. The lowest BCUT2D eigenvalue weighted by Crippen LogP contribution is -2.46. The molecule has 1 heterocycles. The number of allylic oxidation sites excluding steroid dienone is 1. The number of aliphatic hydroxyl groups excluding tert-OH is 2. The first-order chi connectivity index (χ1) is 14.2. The van der Waals surface area contributed by atoms with Crippen LogP contribution in [-0.4, -0.2) is 59.7 Å². The van der Waals surface area contributed by atoms with Crippen molar-refractivity contribution in [1.29, 1.82) is 0 Å². The van der Waals surface area contributed by atoms with Gasteiger partial charge in [-0.25, -0.2) is 0 Å². The lowest BCUT2D eigenvalue weighted by molar-refractivity contribution is 0.0163. The number of anilines is 1. The van der Waals surface area contributed by atoms with E-state index in [4.69, 9.17) is 5.73 Å². The van der Waals surface area contributed by atoms with E-state index < -0.39 is 0 Å². The molecular formula is C21H33N5O3. The van der Waals surface area contributed by atoms with Gasteiger partial charge in [0.15, 0.2) is 0 Å². The number of piperidine rings is 1. The van der Waals surface area contributed by atoms with Crippen molar-refractivity contribution >= 4 is 23.3 Å². The summed E-state index contributed by atoms with van der Waals surface area (Å²) >= 11 is 0. The predicted molar refractivity (Wildman–Crippen MR) is 118 cm³/mol. The minimum atomic E-state index is -0.270. The Morgan fingerprint density at radius 3 is 2.83 bits per heavy atom. The van der Waals surface area contributed by atoms with Gasteiger partial charge in [0.2, 0.25) is 0 Å². The average molecular weight is 404 g/mol. The first-order valence-electron chi connectivity index (χ1n) is 10.3. The number of hydrogen-bond acceptors (Lipinski definition) is 8. The first-order valence-corrected chi connectivity index (χ1v) is 10.3. The zero-order valence-corrected chi connectivity index (χ0v) is 16.9. The van der Waals surface area contributed by atoms with Crippen molar-refractivity contribution in [3.63, 3.8) is 0 Å². The molecule has 2 atom stereocenters. The van der Waals surface area contributed by atoms with E-state index in [0.717, 1.165) is 57.4 Å². The van der Waals surface area contributed by atoms with Crippen molar-refractivity contribution in [3.05, 3.63) is 35.4 Å². The lowest BCUT2D eigenvalue weighted by atomic mass is 9.99. The monoisotopic (exact) mass is 403 g/mol. The van der Waals surface area contributed by atoms with Crippen molar-refractivity contribution in [2.24, 2.45) is 15.9 Å². The second kappa shape index (κ2) is 13.0. The maximum Gasteiger partial charge on any atom is 0.135 e. The Hall–Kier alpha value is -2.29. The Kier molecular flexibility index (Phi) is 10.3. The number of likely N-dealkylation sites (tertiary alicyclic amines) is 1. The molecule has 0 saturated carbocycles. The number of nitrogens with two attached hydrogens (primary N) is 1. The molecule has 0 unspecified atom stereocenters. The SMILES string of the molecule is NC=CC=Nc1ccc(NCCCCCCN2CC[C@@H](O)C[C@H]2CO)cc1N=O. The third kappa shape index (κ3) is 7.92. The van der Waals surface area contributed by atoms with E-state index in [9.17, 15) is 15.1 Å². The van der Waals surface area contributed by atoms with Crippen LogP contribution in [0.15, 0.2) is 40.6 Å². The molecule has 1 aliphatic heterocycles. The molecule has 1 aromatic rings. The highest BCUT2D eigenvalue weighted by Crippen LogP contribution is 2.30. The van der Waals surface area contributed by atoms with E-state index in [1.54, 1.807) is 18.2 Å². The third-order valence-electron chi connectivity index (χ3n) is 5.21. The molecule has 0 radical (unpaired) electrons. The topological polar surface area (TPSA) is 124 Å². The van der Waals surface area contributed by atoms with Gasteiger partial charge in [-0.05, 0) is 67.9 Å². The van der Waals surface area contributed by atoms with Gasteiger partial charge in [-0.2, -0.15) is 0 Å². The number of nitrogens with one attached hydrogen (secondary N) is 1. The summed E-state index contributed by atoms with van der Waals surface area (Å²) in [6, 6.07) is 5.44. The van der Waals surface area contributed by atoms with Crippen LogP contribution in [0.5, 0.6) is 0 Å². The summed E-state index contributed by atoms with van der Waals surface area (Å²) in [7, 11) is 0. The van der Waals surface area contributed by atoms with Gasteiger partial charge in [0.25, 0.3) is 0 Å². The van der Waals surface area contributed by atoms with Crippen molar-refractivity contribution in [2.45, 2.75) is 50.7 Å². The molecule has 1 aliphatic rings. The zero-order valence-electron chi connectivity index (χ0n) is 16.9. The molecule has 0 amide bonds. The molecular weight excluding hydrogens is 370 g/mol. The number of hydrogen-bond donors (Lipinski definition) is 4. The summed E-state index contributed by atoms with van der Waals surface area (Å²) in [4.78, 5) is 17.5. The van der Waals surface area contributed by atoms with E-state index in [1.807, 2.05) is 6.07 Å². The normalized spacial score (nSPS) is 20.5. The van der Waals surface area contributed by atoms with Crippen LogP contribution >= 0.6 is 0 Å². The summed E-state index contributed by atoms with van der Waals surface area (Å²) in [6.45, 7) is 2.78. The number of benzene rings is 1. The molecule has 1 saturated heterocycles. The van der Waals surface area contributed by atoms with Crippen molar-refractivity contribution in [3.8, 4) is 0 Å². The number of nitroso groups, excluding NO2 is 1. The molecule has 2 rings (SSSR count). The standard InChI is InChI=1S/C21H33N5O3/c22-9-5-11-24-20-7-6-17(14-21(20)25-29)23-10-3-1-2-4-12-26-13-8-19(28)15-18(26)16-27/h5-7,9,11,14,18-19,23,27-28H,1-4,8,10,12-13,15-16,22H2/t18-,19+/m0/s1.